The lowest BCUT2D eigenvalue weighted by Crippen LogP contribution is -2.44. The normalized spacial score (nSPS) is 12.8. The monoisotopic (exact) mass is 314 g/mol. The molecule has 0 bridgehead atoms. The highest BCUT2D eigenvalue weighted by Gasteiger charge is 2.23. The van der Waals surface area contributed by atoms with Crippen LogP contribution in [0.4, 0.5) is 0 Å². The number of likely N-dealkylation sites (N-methyl/N-ethyl adjacent to an activating group) is 1. The zero-order valence-corrected chi connectivity index (χ0v) is 13.6. The third-order valence-corrected chi connectivity index (χ3v) is 4.52. The summed E-state index contributed by atoms with van der Waals surface area (Å²) in [5, 5.41) is 2.57. The molecule has 21 heavy (non-hydrogen) atoms. The predicted octanol–water partition coefficient (Wildman–Crippen LogP) is 1.20. The Hall–Kier alpha value is -1.60. The number of hydrogen-bond donors (Lipinski definition) is 2. The average molecular weight is 314 g/mol. The molecule has 1 aromatic carbocycles. The highest BCUT2D eigenvalue weighted by molar-refractivity contribution is 7.89. The van der Waals surface area contributed by atoms with Crippen LogP contribution in [0.1, 0.15) is 26.3 Å². The van der Waals surface area contributed by atoms with E-state index in [1.807, 2.05) is 6.92 Å². The number of benzene rings is 1. The van der Waals surface area contributed by atoms with Crippen LogP contribution in [-0.4, -0.2) is 33.5 Å². The van der Waals surface area contributed by atoms with E-state index in [-0.39, 0.29) is 10.8 Å². The van der Waals surface area contributed by atoms with Crippen molar-refractivity contribution in [3.63, 3.8) is 0 Å². The average Bonchev–Trinajstić information content (AvgIpc) is 2.38. The van der Waals surface area contributed by atoms with Crippen LogP contribution in [0.2, 0.25) is 0 Å². The van der Waals surface area contributed by atoms with Crippen molar-refractivity contribution < 1.29 is 17.9 Å². The molecule has 0 fully saturated rings. The Kier molecular flexibility index (Phi) is 6.17. The van der Waals surface area contributed by atoms with Gasteiger partial charge in [-0.1, -0.05) is 0 Å². The first-order valence-electron chi connectivity index (χ1n) is 6.85. The molecule has 7 heteroatoms. The molecule has 1 aromatic rings. The molecule has 6 nitrogen and oxygen atoms in total. The first-order chi connectivity index (χ1) is 9.81. The third-order valence-electron chi connectivity index (χ3n) is 2.82. The zero-order chi connectivity index (χ0) is 16.0. The molecule has 118 valence electrons. The predicted molar refractivity (Wildman–Crippen MR) is 80.8 cm³/mol. The Bertz CT molecular complexity index is 599. The van der Waals surface area contributed by atoms with Crippen LogP contribution in [0, 0.1) is 6.92 Å². The molecule has 2 N–H and O–H groups in total. The quantitative estimate of drug-likeness (QED) is 0.792. The number of aryl methyl sites for hydroxylation is 1. The van der Waals surface area contributed by atoms with Crippen molar-refractivity contribution in [2.75, 3.05) is 13.2 Å². The fraction of sp³-hybridized carbons (Fsp3) is 0.500. The van der Waals surface area contributed by atoms with Crippen molar-refractivity contribution in [3.05, 3.63) is 23.8 Å². The fourth-order valence-electron chi connectivity index (χ4n) is 1.86. The van der Waals surface area contributed by atoms with Crippen LogP contribution in [0.5, 0.6) is 5.75 Å². The van der Waals surface area contributed by atoms with Crippen LogP contribution in [0.3, 0.4) is 0 Å². The van der Waals surface area contributed by atoms with E-state index >= 15 is 0 Å². The molecule has 0 saturated carbocycles. The zero-order valence-electron chi connectivity index (χ0n) is 12.8. The van der Waals surface area contributed by atoms with E-state index in [0.717, 1.165) is 0 Å². The van der Waals surface area contributed by atoms with E-state index in [1.165, 1.54) is 13.0 Å². The molecule has 0 radical (unpaired) electrons. The highest BCUT2D eigenvalue weighted by atomic mass is 32.2. The van der Waals surface area contributed by atoms with Crippen LogP contribution >= 0.6 is 0 Å². The van der Waals surface area contributed by atoms with Gasteiger partial charge in [-0.05, 0) is 51.5 Å². The molecule has 0 heterocycles. The summed E-state index contributed by atoms with van der Waals surface area (Å²) < 4.78 is 32.3. The maximum absolute atomic E-state index is 12.3. The van der Waals surface area contributed by atoms with Gasteiger partial charge in [0.1, 0.15) is 5.75 Å². The number of nitrogens with one attached hydrogen (secondary N) is 2. The number of carbonyl (C=O) groups excluding carboxylic acids is 1. The molecule has 0 aliphatic carbocycles. The van der Waals surface area contributed by atoms with Crippen molar-refractivity contribution in [2.45, 2.75) is 38.6 Å². The smallest absolute Gasteiger partial charge is 0.241 e. The molecule has 0 spiro atoms. The maximum Gasteiger partial charge on any atom is 0.241 e. The van der Waals surface area contributed by atoms with E-state index in [9.17, 15) is 13.2 Å². The Morgan fingerprint density at radius 1 is 1.33 bits per heavy atom. The number of carbonyl (C=O) groups is 1. The van der Waals surface area contributed by atoms with Gasteiger partial charge in [0, 0.05) is 6.54 Å². The Balaban J connectivity index is 2.95. The van der Waals surface area contributed by atoms with E-state index in [4.69, 9.17) is 4.74 Å². The molecular formula is C14H22N2O4S. The van der Waals surface area contributed by atoms with Crippen LogP contribution < -0.4 is 14.8 Å². The molecule has 0 aliphatic heterocycles. The fourth-order valence-corrected chi connectivity index (χ4v) is 3.29. The molecule has 0 unspecified atom stereocenters. The summed E-state index contributed by atoms with van der Waals surface area (Å²) in [6.45, 7) is 7.79. The first-order valence-corrected chi connectivity index (χ1v) is 8.33. The van der Waals surface area contributed by atoms with Crippen molar-refractivity contribution in [2.24, 2.45) is 0 Å². The summed E-state index contributed by atoms with van der Waals surface area (Å²) in [6.07, 6.45) is 0. The SMILES string of the molecule is CCNC(=O)[C@H](C)NS(=O)(=O)c1ccc(OCC)cc1C. The minimum absolute atomic E-state index is 0.141. The number of hydrogen-bond acceptors (Lipinski definition) is 4. The number of amides is 1. The molecular weight excluding hydrogens is 292 g/mol. The van der Waals surface area contributed by atoms with Crippen molar-refractivity contribution in [1.82, 2.24) is 10.0 Å². The lowest BCUT2D eigenvalue weighted by Gasteiger charge is -2.15. The standard InChI is InChI=1S/C14H22N2O4S/c1-5-15-14(17)11(4)16-21(18,19)13-8-7-12(20-6-2)9-10(13)3/h7-9,11,16H,5-6H2,1-4H3,(H,15,17)/t11-/m0/s1. The Morgan fingerprint density at radius 2 is 2.00 bits per heavy atom. The molecule has 1 atom stereocenters. The molecule has 0 saturated heterocycles. The highest BCUT2D eigenvalue weighted by Crippen LogP contribution is 2.21. The van der Waals surface area contributed by atoms with Crippen molar-refractivity contribution in [1.29, 1.82) is 0 Å². The minimum Gasteiger partial charge on any atom is -0.494 e. The number of sulfonamides is 1. The molecule has 1 rings (SSSR count). The van der Waals surface area contributed by atoms with Gasteiger partial charge in [0.15, 0.2) is 0 Å². The minimum atomic E-state index is -3.75. The van der Waals surface area contributed by atoms with E-state index < -0.39 is 16.1 Å². The molecule has 0 aromatic heterocycles. The lowest BCUT2D eigenvalue weighted by atomic mass is 10.2. The van der Waals surface area contributed by atoms with Crippen LogP contribution in [0.25, 0.3) is 0 Å². The maximum atomic E-state index is 12.3. The number of rotatable bonds is 7. The van der Waals surface area contributed by atoms with Gasteiger partial charge in [0.25, 0.3) is 0 Å². The van der Waals surface area contributed by atoms with Crippen molar-refractivity contribution in [3.8, 4) is 5.75 Å². The lowest BCUT2D eigenvalue weighted by molar-refractivity contribution is -0.122. The van der Waals surface area contributed by atoms with Gasteiger partial charge < -0.3 is 10.1 Å². The molecule has 0 aliphatic rings. The van der Waals surface area contributed by atoms with E-state index in [2.05, 4.69) is 10.0 Å². The van der Waals surface area contributed by atoms with E-state index in [1.54, 1.807) is 26.0 Å². The summed E-state index contributed by atoms with van der Waals surface area (Å²) >= 11 is 0. The summed E-state index contributed by atoms with van der Waals surface area (Å²) in [4.78, 5) is 11.8. The van der Waals surface area contributed by atoms with Crippen molar-refractivity contribution >= 4 is 15.9 Å². The summed E-state index contributed by atoms with van der Waals surface area (Å²) in [7, 11) is -3.75. The largest absolute Gasteiger partial charge is 0.494 e. The van der Waals surface area contributed by atoms with Gasteiger partial charge in [-0.3, -0.25) is 4.79 Å². The van der Waals surface area contributed by atoms with Gasteiger partial charge in [-0.2, -0.15) is 4.72 Å². The van der Waals surface area contributed by atoms with Crippen LogP contribution in [-0.2, 0) is 14.8 Å². The number of ether oxygens (including phenoxy) is 1. The van der Waals surface area contributed by atoms with Gasteiger partial charge in [0.2, 0.25) is 15.9 Å². The summed E-state index contributed by atoms with van der Waals surface area (Å²) in [6, 6.07) is 3.91. The topological polar surface area (TPSA) is 84.5 Å². The first kappa shape index (κ1) is 17.5. The van der Waals surface area contributed by atoms with Gasteiger partial charge >= 0.3 is 0 Å². The second-order valence-electron chi connectivity index (χ2n) is 4.60. The Morgan fingerprint density at radius 3 is 2.52 bits per heavy atom. The second-order valence-corrected chi connectivity index (χ2v) is 6.28. The van der Waals surface area contributed by atoms with E-state index in [0.29, 0.717) is 24.5 Å². The molecule has 1 amide bonds. The van der Waals surface area contributed by atoms with Gasteiger partial charge in [-0.15, -0.1) is 0 Å². The van der Waals surface area contributed by atoms with Gasteiger partial charge in [0.05, 0.1) is 17.5 Å². The third kappa shape index (κ3) is 4.71. The Labute approximate surface area is 125 Å². The second kappa shape index (κ2) is 7.42. The van der Waals surface area contributed by atoms with Crippen LogP contribution in [0.15, 0.2) is 23.1 Å². The van der Waals surface area contributed by atoms with Gasteiger partial charge in [-0.25, -0.2) is 8.42 Å². The summed E-state index contributed by atoms with van der Waals surface area (Å²) in [5.41, 5.74) is 0.566. The summed E-state index contributed by atoms with van der Waals surface area (Å²) in [5.74, 6) is 0.260.